The molecular formula is C24H19Cl3FNO3. The highest BCUT2D eigenvalue weighted by Gasteiger charge is 2.35. The van der Waals surface area contributed by atoms with Crippen molar-refractivity contribution in [1.82, 2.24) is 4.90 Å². The van der Waals surface area contributed by atoms with Crippen LogP contribution in [-0.4, -0.2) is 31.6 Å². The van der Waals surface area contributed by atoms with Crippen molar-refractivity contribution < 1.29 is 18.7 Å². The average Bonchev–Trinajstić information content (AvgIpc) is 2.77. The van der Waals surface area contributed by atoms with Gasteiger partial charge in [0.1, 0.15) is 5.82 Å². The molecule has 0 saturated carbocycles. The number of hydrogen-bond donors (Lipinski definition) is 0. The van der Waals surface area contributed by atoms with E-state index >= 15 is 0 Å². The largest absolute Gasteiger partial charge is 0.493 e. The molecule has 3 aromatic rings. The van der Waals surface area contributed by atoms with Gasteiger partial charge < -0.3 is 14.4 Å². The Balaban J connectivity index is 1.88. The van der Waals surface area contributed by atoms with E-state index in [1.165, 1.54) is 24.3 Å². The summed E-state index contributed by atoms with van der Waals surface area (Å²) in [5.41, 5.74) is 2.78. The van der Waals surface area contributed by atoms with E-state index < -0.39 is 6.04 Å². The van der Waals surface area contributed by atoms with Gasteiger partial charge in [-0.3, -0.25) is 4.79 Å². The molecule has 0 aromatic heterocycles. The van der Waals surface area contributed by atoms with Crippen LogP contribution in [0.15, 0.2) is 48.5 Å². The van der Waals surface area contributed by atoms with Crippen molar-refractivity contribution in [2.75, 3.05) is 20.8 Å². The lowest BCUT2D eigenvalue weighted by Crippen LogP contribution is -2.41. The summed E-state index contributed by atoms with van der Waals surface area (Å²) < 4.78 is 24.6. The van der Waals surface area contributed by atoms with E-state index in [0.717, 1.165) is 16.7 Å². The minimum absolute atomic E-state index is 0.170. The fourth-order valence-electron chi connectivity index (χ4n) is 4.06. The molecule has 1 aliphatic rings. The molecular weight excluding hydrogens is 476 g/mol. The molecule has 0 radical (unpaired) electrons. The molecule has 0 aliphatic carbocycles. The van der Waals surface area contributed by atoms with E-state index in [9.17, 15) is 9.18 Å². The zero-order valence-corrected chi connectivity index (χ0v) is 19.6. The summed E-state index contributed by atoms with van der Waals surface area (Å²) in [7, 11) is 3.13. The van der Waals surface area contributed by atoms with Gasteiger partial charge >= 0.3 is 0 Å². The number of methoxy groups -OCH3 is 2. The second-order valence-corrected chi connectivity index (χ2v) is 8.60. The highest BCUT2D eigenvalue weighted by molar-refractivity contribution is 6.42. The minimum atomic E-state index is -0.505. The number of hydrogen-bond acceptors (Lipinski definition) is 3. The lowest BCUT2D eigenvalue weighted by Gasteiger charge is -2.38. The number of carbonyl (C=O) groups is 1. The van der Waals surface area contributed by atoms with Gasteiger partial charge in [-0.05, 0) is 59.5 Å². The first-order valence-electron chi connectivity index (χ1n) is 9.79. The van der Waals surface area contributed by atoms with Crippen LogP contribution in [0.2, 0.25) is 15.1 Å². The zero-order chi connectivity index (χ0) is 23.0. The average molecular weight is 495 g/mol. The topological polar surface area (TPSA) is 38.8 Å². The van der Waals surface area contributed by atoms with Crippen molar-refractivity contribution in [3.05, 3.63) is 91.7 Å². The molecule has 1 heterocycles. The van der Waals surface area contributed by atoms with Crippen LogP contribution >= 0.6 is 34.8 Å². The van der Waals surface area contributed by atoms with Gasteiger partial charge in [-0.25, -0.2) is 4.39 Å². The van der Waals surface area contributed by atoms with Crippen LogP contribution in [0, 0.1) is 5.82 Å². The van der Waals surface area contributed by atoms with Crippen LogP contribution in [0.3, 0.4) is 0 Å². The normalized spacial score (nSPS) is 15.3. The first-order valence-corrected chi connectivity index (χ1v) is 10.9. The molecule has 166 valence electrons. The van der Waals surface area contributed by atoms with Crippen LogP contribution in [0.4, 0.5) is 4.39 Å². The van der Waals surface area contributed by atoms with Crippen LogP contribution in [0.5, 0.6) is 11.5 Å². The van der Waals surface area contributed by atoms with Crippen LogP contribution in [0.1, 0.15) is 33.1 Å². The van der Waals surface area contributed by atoms with Crippen molar-refractivity contribution >= 4 is 40.7 Å². The van der Waals surface area contributed by atoms with Gasteiger partial charge in [0.2, 0.25) is 0 Å². The number of fused-ring (bicyclic) bond motifs is 1. The summed E-state index contributed by atoms with van der Waals surface area (Å²) in [4.78, 5) is 15.4. The molecule has 0 bridgehead atoms. The Morgan fingerprint density at radius 1 is 0.969 bits per heavy atom. The van der Waals surface area contributed by atoms with Gasteiger partial charge in [-0.1, -0.05) is 46.9 Å². The highest BCUT2D eigenvalue weighted by Crippen LogP contribution is 2.42. The summed E-state index contributed by atoms with van der Waals surface area (Å²) in [6.45, 7) is 0.401. The van der Waals surface area contributed by atoms with Crippen molar-refractivity contribution in [3.8, 4) is 11.5 Å². The first kappa shape index (κ1) is 22.7. The van der Waals surface area contributed by atoms with Crippen molar-refractivity contribution in [2.24, 2.45) is 0 Å². The molecule has 0 N–H and O–H groups in total. The van der Waals surface area contributed by atoms with Gasteiger partial charge in [0.25, 0.3) is 5.91 Å². The Morgan fingerprint density at radius 2 is 1.56 bits per heavy atom. The molecule has 3 aromatic carbocycles. The van der Waals surface area contributed by atoms with Crippen molar-refractivity contribution in [3.63, 3.8) is 0 Å². The van der Waals surface area contributed by atoms with E-state index in [1.807, 2.05) is 12.1 Å². The van der Waals surface area contributed by atoms with Crippen molar-refractivity contribution in [2.45, 2.75) is 12.5 Å². The third kappa shape index (κ3) is 4.13. The number of carbonyl (C=O) groups excluding carboxylic acids is 1. The maximum Gasteiger partial charge on any atom is 0.257 e. The number of amides is 1. The lowest BCUT2D eigenvalue weighted by atomic mass is 9.87. The first-order chi connectivity index (χ1) is 15.3. The van der Waals surface area contributed by atoms with Gasteiger partial charge in [-0.15, -0.1) is 0 Å². The quantitative estimate of drug-likeness (QED) is 0.411. The highest BCUT2D eigenvalue weighted by atomic mass is 35.5. The van der Waals surface area contributed by atoms with E-state index in [0.29, 0.717) is 29.5 Å². The summed E-state index contributed by atoms with van der Waals surface area (Å²) in [6.07, 6.45) is 0.585. The summed E-state index contributed by atoms with van der Waals surface area (Å²) in [6, 6.07) is 12.3. The Hall–Kier alpha value is -2.47. The Labute approximate surface area is 200 Å². The third-order valence-electron chi connectivity index (χ3n) is 5.54. The van der Waals surface area contributed by atoms with Gasteiger partial charge in [0.15, 0.2) is 11.5 Å². The van der Waals surface area contributed by atoms with Gasteiger partial charge in [0.05, 0.1) is 35.9 Å². The Morgan fingerprint density at radius 3 is 2.16 bits per heavy atom. The molecule has 8 heteroatoms. The van der Waals surface area contributed by atoms with Crippen LogP contribution in [-0.2, 0) is 6.42 Å². The number of benzene rings is 3. The second-order valence-electron chi connectivity index (χ2n) is 7.35. The Kier molecular flexibility index (Phi) is 6.52. The number of nitrogens with zero attached hydrogens (tertiary/aromatic N) is 1. The molecule has 32 heavy (non-hydrogen) atoms. The lowest BCUT2D eigenvalue weighted by molar-refractivity contribution is 0.0694. The number of ether oxygens (including phenoxy) is 2. The molecule has 0 unspecified atom stereocenters. The van der Waals surface area contributed by atoms with Gasteiger partial charge in [-0.2, -0.15) is 0 Å². The number of rotatable bonds is 4. The minimum Gasteiger partial charge on any atom is -0.493 e. The standard InChI is InChI=1S/C24H19Cl3FNO3/c1-31-20-9-14-7-8-29(24(30)22-18(26)10-15(25)11-19(22)27)23(17(14)12-21(20)32-2)13-3-5-16(28)6-4-13/h3-6,9-12,23H,7-8H2,1-2H3/t23-/m0/s1. The number of halogens is 4. The molecule has 4 rings (SSSR count). The summed E-state index contributed by atoms with van der Waals surface area (Å²) >= 11 is 18.7. The van der Waals surface area contributed by atoms with E-state index in [2.05, 4.69) is 0 Å². The molecule has 0 fully saturated rings. The fourth-order valence-corrected chi connectivity index (χ4v) is 5.04. The molecule has 0 spiro atoms. The Bertz CT molecular complexity index is 1160. The summed E-state index contributed by atoms with van der Waals surface area (Å²) in [5.74, 6) is 0.438. The molecule has 1 aliphatic heterocycles. The van der Waals surface area contributed by atoms with E-state index in [-0.39, 0.29) is 27.3 Å². The predicted octanol–water partition coefficient (Wildman–Crippen LogP) is 6.59. The molecule has 0 saturated heterocycles. The van der Waals surface area contributed by atoms with Gasteiger partial charge in [0, 0.05) is 11.6 Å². The maximum atomic E-state index is 13.7. The van der Waals surface area contributed by atoms with E-state index in [4.69, 9.17) is 44.3 Å². The van der Waals surface area contributed by atoms with E-state index in [1.54, 1.807) is 31.3 Å². The fraction of sp³-hybridized carbons (Fsp3) is 0.208. The maximum absolute atomic E-state index is 13.7. The SMILES string of the molecule is COc1cc2c(cc1OC)[C@H](c1ccc(F)cc1)N(C(=O)c1c(Cl)cc(Cl)cc1Cl)CC2. The summed E-state index contributed by atoms with van der Waals surface area (Å²) in [5, 5.41) is 0.680. The molecule has 1 amide bonds. The zero-order valence-electron chi connectivity index (χ0n) is 17.3. The predicted molar refractivity (Wildman–Crippen MR) is 124 cm³/mol. The molecule has 4 nitrogen and oxygen atoms in total. The van der Waals surface area contributed by atoms with Crippen molar-refractivity contribution in [1.29, 1.82) is 0 Å². The monoisotopic (exact) mass is 493 g/mol. The second kappa shape index (κ2) is 9.18. The third-order valence-corrected chi connectivity index (χ3v) is 6.36. The smallest absolute Gasteiger partial charge is 0.257 e. The molecule has 1 atom stereocenters. The van der Waals surface area contributed by atoms with Crippen LogP contribution in [0.25, 0.3) is 0 Å². The van der Waals surface area contributed by atoms with Crippen LogP contribution < -0.4 is 9.47 Å².